The number of ether oxygens (including phenoxy) is 1. The fourth-order valence-electron chi connectivity index (χ4n) is 2.11. The maximum Gasteiger partial charge on any atom is 0.249 e. The summed E-state index contributed by atoms with van der Waals surface area (Å²) in [5.41, 5.74) is 5.81. The summed E-state index contributed by atoms with van der Waals surface area (Å²) < 4.78 is 5.64. The van der Waals surface area contributed by atoms with Crippen LogP contribution in [-0.2, 0) is 9.53 Å². The Morgan fingerprint density at radius 1 is 1.44 bits per heavy atom. The lowest BCUT2D eigenvalue weighted by Gasteiger charge is -2.28. The van der Waals surface area contributed by atoms with Crippen molar-refractivity contribution in [2.24, 2.45) is 5.73 Å². The van der Waals surface area contributed by atoms with Gasteiger partial charge < -0.3 is 15.8 Å². The van der Waals surface area contributed by atoms with Gasteiger partial charge in [-0.3, -0.25) is 4.79 Å². The van der Waals surface area contributed by atoms with Crippen LogP contribution in [0.15, 0.2) is 0 Å². The monoisotopic (exact) mass is 256 g/mol. The van der Waals surface area contributed by atoms with Crippen LogP contribution >= 0.6 is 0 Å². The van der Waals surface area contributed by atoms with Crippen molar-refractivity contribution in [3.63, 3.8) is 0 Å². The smallest absolute Gasteiger partial charge is 0.249 e. The fraction of sp³-hybridized carbons (Fsp3) is 0.929. The molecule has 18 heavy (non-hydrogen) atoms. The molecule has 1 rings (SSSR count). The summed E-state index contributed by atoms with van der Waals surface area (Å²) in [6, 6.07) is 0. The van der Waals surface area contributed by atoms with Crippen molar-refractivity contribution >= 4 is 5.91 Å². The van der Waals surface area contributed by atoms with Crippen molar-refractivity contribution in [2.45, 2.75) is 77.0 Å². The molecule has 0 radical (unpaired) electrons. The van der Waals surface area contributed by atoms with E-state index in [1.807, 2.05) is 13.8 Å². The van der Waals surface area contributed by atoms with Crippen LogP contribution in [0.25, 0.3) is 0 Å². The van der Waals surface area contributed by atoms with Gasteiger partial charge in [-0.15, -0.1) is 0 Å². The molecule has 0 aromatic heterocycles. The highest BCUT2D eigenvalue weighted by molar-refractivity contribution is 5.81. The largest absolute Gasteiger partial charge is 0.367 e. The predicted molar refractivity (Wildman–Crippen MR) is 73.3 cm³/mol. The summed E-state index contributed by atoms with van der Waals surface area (Å²) in [6.45, 7) is 8.35. The highest BCUT2D eigenvalue weighted by Crippen LogP contribution is 2.27. The van der Waals surface area contributed by atoms with Gasteiger partial charge in [-0.25, -0.2) is 0 Å². The third-order valence-corrected chi connectivity index (χ3v) is 3.93. The number of carbonyl (C=O) groups is 1. The van der Waals surface area contributed by atoms with Gasteiger partial charge in [-0.05, 0) is 40.0 Å². The van der Waals surface area contributed by atoms with Gasteiger partial charge in [0, 0.05) is 11.1 Å². The zero-order chi connectivity index (χ0) is 13.8. The molecule has 0 aromatic rings. The van der Waals surface area contributed by atoms with Crippen LogP contribution in [0, 0.1) is 0 Å². The lowest BCUT2D eigenvalue weighted by Crippen LogP contribution is -2.49. The van der Waals surface area contributed by atoms with Crippen molar-refractivity contribution in [1.82, 2.24) is 5.32 Å². The minimum absolute atomic E-state index is 0.0524. The van der Waals surface area contributed by atoms with Gasteiger partial charge >= 0.3 is 0 Å². The summed E-state index contributed by atoms with van der Waals surface area (Å²) in [5.74, 6) is -0.0524. The Hall–Kier alpha value is -0.610. The zero-order valence-corrected chi connectivity index (χ0v) is 12.2. The van der Waals surface area contributed by atoms with Crippen molar-refractivity contribution < 1.29 is 9.53 Å². The third kappa shape index (κ3) is 4.58. The molecule has 0 aromatic carbocycles. The van der Waals surface area contributed by atoms with Gasteiger partial charge in [0.15, 0.2) is 0 Å². The van der Waals surface area contributed by atoms with Gasteiger partial charge in [0.05, 0.1) is 6.61 Å². The summed E-state index contributed by atoms with van der Waals surface area (Å²) >= 11 is 0. The molecule has 1 unspecified atom stereocenters. The molecule has 106 valence electrons. The first-order chi connectivity index (χ1) is 8.28. The van der Waals surface area contributed by atoms with E-state index in [2.05, 4.69) is 12.2 Å². The second-order valence-corrected chi connectivity index (χ2v) is 6.25. The van der Waals surface area contributed by atoms with E-state index in [0.29, 0.717) is 6.61 Å². The van der Waals surface area contributed by atoms with E-state index >= 15 is 0 Å². The van der Waals surface area contributed by atoms with Gasteiger partial charge in [0.2, 0.25) is 5.91 Å². The molecule has 4 heteroatoms. The lowest BCUT2D eigenvalue weighted by molar-refractivity contribution is -0.134. The van der Waals surface area contributed by atoms with E-state index < -0.39 is 6.10 Å². The quantitative estimate of drug-likeness (QED) is 0.763. The Labute approximate surface area is 111 Å². The first-order valence-electron chi connectivity index (χ1n) is 7.00. The maximum absolute atomic E-state index is 11.9. The molecule has 4 nitrogen and oxygen atoms in total. The Morgan fingerprint density at radius 2 is 2.00 bits per heavy atom. The molecule has 1 aliphatic rings. The number of nitrogens with two attached hydrogens (primary N) is 1. The topological polar surface area (TPSA) is 64.3 Å². The Kier molecular flexibility index (Phi) is 5.17. The van der Waals surface area contributed by atoms with Crippen LogP contribution in [0.3, 0.4) is 0 Å². The number of rotatable bonds is 6. The number of hydrogen-bond donors (Lipinski definition) is 2. The summed E-state index contributed by atoms with van der Waals surface area (Å²) in [6.07, 6.45) is 4.81. The van der Waals surface area contributed by atoms with Crippen LogP contribution in [0.5, 0.6) is 0 Å². The molecule has 0 saturated heterocycles. The number of carbonyl (C=O) groups excluding carboxylic acids is 1. The molecule has 0 bridgehead atoms. The average molecular weight is 256 g/mol. The van der Waals surface area contributed by atoms with Crippen molar-refractivity contribution in [3.8, 4) is 0 Å². The standard InChI is InChI=1S/C14H28N2O2/c1-5-13(3,4)16-12(17)11(2)18-10-14(15)8-6-7-9-14/h11H,5-10,15H2,1-4H3,(H,16,17). The second kappa shape index (κ2) is 6.02. The molecule has 0 heterocycles. The van der Waals surface area contributed by atoms with Crippen LogP contribution in [-0.4, -0.2) is 29.7 Å². The summed E-state index contributed by atoms with van der Waals surface area (Å²) in [7, 11) is 0. The Balaban J connectivity index is 2.36. The lowest BCUT2D eigenvalue weighted by atomic mass is 10.0. The van der Waals surface area contributed by atoms with E-state index in [-0.39, 0.29) is 17.0 Å². The van der Waals surface area contributed by atoms with Crippen molar-refractivity contribution in [3.05, 3.63) is 0 Å². The Bertz CT molecular complexity index is 284. The minimum atomic E-state index is -0.433. The molecule has 0 spiro atoms. The Morgan fingerprint density at radius 3 is 2.50 bits per heavy atom. The van der Waals surface area contributed by atoms with E-state index in [9.17, 15) is 4.79 Å². The van der Waals surface area contributed by atoms with Gasteiger partial charge in [-0.2, -0.15) is 0 Å². The van der Waals surface area contributed by atoms with Crippen LogP contribution in [0.2, 0.25) is 0 Å². The van der Waals surface area contributed by atoms with Crippen LogP contribution in [0.4, 0.5) is 0 Å². The minimum Gasteiger partial charge on any atom is -0.367 e. The van der Waals surface area contributed by atoms with E-state index in [1.54, 1.807) is 6.92 Å². The van der Waals surface area contributed by atoms with Gasteiger partial charge in [-0.1, -0.05) is 19.8 Å². The molecule has 1 aliphatic carbocycles. The van der Waals surface area contributed by atoms with Crippen LogP contribution < -0.4 is 11.1 Å². The van der Waals surface area contributed by atoms with E-state index in [4.69, 9.17) is 10.5 Å². The van der Waals surface area contributed by atoms with Crippen molar-refractivity contribution in [2.75, 3.05) is 6.61 Å². The van der Waals surface area contributed by atoms with E-state index in [1.165, 1.54) is 12.8 Å². The maximum atomic E-state index is 11.9. The summed E-state index contributed by atoms with van der Waals surface area (Å²) in [4.78, 5) is 11.9. The highest BCUT2D eigenvalue weighted by Gasteiger charge is 2.31. The SMILES string of the molecule is CCC(C)(C)NC(=O)C(C)OCC1(N)CCCC1. The molecule has 1 atom stereocenters. The molecule has 1 amide bonds. The van der Waals surface area contributed by atoms with Gasteiger partial charge in [0.25, 0.3) is 0 Å². The number of hydrogen-bond acceptors (Lipinski definition) is 3. The molecule has 0 aliphatic heterocycles. The van der Waals surface area contributed by atoms with E-state index in [0.717, 1.165) is 19.3 Å². The second-order valence-electron chi connectivity index (χ2n) is 6.25. The first-order valence-corrected chi connectivity index (χ1v) is 7.00. The molecular weight excluding hydrogens is 228 g/mol. The highest BCUT2D eigenvalue weighted by atomic mass is 16.5. The molecule has 1 fully saturated rings. The fourth-order valence-corrected chi connectivity index (χ4v) is 2.11. The first kappa shape index (κ1) is 15.4. The third-order valence-electron chi connectivity index (χ3n) is 3.93. The predicted octanol–water partition coefficient (Wildman–Crippen LogP) is 1.97. The normalized spacial score (nSPS) is 20.7. The molecular formula is C14H28N2O2. The number of nitrogens with one attached hydrogen (secondary N) is 1. The van der Waals surface area contributed by atoms with Crippen molar-refractivity contribution in [1.29, 1.82) is 0 Å². The molecule has 1 saturated carbocycles. The van der Waals surface area contributed by atoms with Crippen LogP contribution in [0.1, 0.15) is 59.8 Å². The molecule has 3 N–H and O–H groups in total. The zero-order valence-electron chi connectivity index (χ0n) is 12.2. The average Bonchev–Trinajstić information content (AvgIpc) is 2.73. The number of amides is 1. The summed E-state index contributed by atoms with van der Waals surface area (Å²) in [5, 5.41) is 2.99. The van der Waals surface area contributed by atoms with Gasteiger partial charge in [0.1, 0.15) is 6.10 Å².